The first kappa shape index (κ1) is 20.1. The van der Waals surface area contributed by atoms with Crippen LogP contribution < -0.4 is 14.4 Å². The second-order valence-corrected chi connectivity index (χ2v) is 7.29. The molecule has 0 atom stereocenters. The molecule has 0 unspecified atom stereocenters. The van der Waals surface area contributed by atoms with E-state index in [1.54, 1.807) is 0 Å². The minimum Gasteiger partial charge on any atom is -0.492 e. The summed E-state index contributed by atoms with van der Waals surface area (Å²) < 4.78 is 11.6. The molecule has 1 aliphatic rings. The summed E-state index contributed by atoms with van der Waals surface area (Å²) >= 11 is 0. The lowest BCUT2D eigenvalue weighted by Gasteiger charge is -2.36. The Morgan fingerprint density at radius 1 is 0.964 bits per heavy atom. The molecule has 1 saturated heterocycles. The zero-order chi connectivity index (χ0) is 20.1. The van der Waals surface area contributed by atoms with Crippen LogP contribution in [0.25, 0.3) is 0 Å². The van der Waals surface area contributed by atoms with Gasteiger partial charge in [-0.3, -0.25) is 4.79 Å². The van der Waals surface area contributed by atoms with Gasteiger partial charge in [-0.25, -0.2) is 0 Å². The number of nitrogens with zero attached hydrogens (tertiary/aromatic N) is 2. The van der Waals surface area contributed by atoms with Gasteiger partial charge in [-0.1, -0.05) is 29.8 Å². The molecule has 0 aliphatic carbocycles. The SMILES string of the molecule is CCOc1ccccc1N1CCN(C(=O)COc2c(C)cc(C)cc2C)CC1. The van der Waals surface area contributed by atoms with E-state index in [2.05, 4.69) is 30.0 Å². The van der Waals surface area contributed by atoms with Crippen molar-refractivity contribution in [3.63, 3.8) is 0 Å². The predicted molar refractivity (Wildman–Crippen MR) is 113 cm³/mol. The molecule has 0 bridgehead atoms. The number of hydrogen-bond donors (Lipinski definition) is 0. The first-order chi connectivity index (χ1) is 13.5. The Hall–Kier alpha value is -2.69. The van der Waals surface area contributed by atoms with Crippen LogP contribution in [0.2, 0.25) is 0 Å². The van der Waals surface area contributed by atoms with Crippen LogP contribution >= 0.6 is 0 Å². The van der Waals surface area contributed by atoms with Crippen molar-refractivity contribution in [3.8, 4) is 11.5 Å². The fourth-order valence-electron chi connectivity index (χ4n) is 3.81. The summed E-state index contributed by atoms with van der Waals surface area (Å²) in [5.41, 5.74) is 4.45. The van der Waals surface area contributed by atoms with Gasteiger partial charge in [0.15, 0.2) is 6.61 Å². The van der Waals surface area contributed by atoms with Gasteiger partial charge in [0, 0.05) is 26.2 Å². The highest BCUT2D eigenvalue weighted by atomic mass is 16.5. The highest BCUT2D eigenvalue weighted by Crippen LogP contribution is 2.29. The van der Waals surface area contributed by atoms with E-state index >= 15 is 0 Å². The average Bonchev–Trinajstić information content (AvgIpc) is 2.68. The Bertz CT molecular complexity index is 803. The van der Waals surface area contributed by atoms with Crippen LogP contribution in [0.5, 0.6) is 11.5 Å². The van der Waals surface area contributed by atoms with E-state index in [1.165, 1.54) is 5.56 Å². The largest absolute Gasteiger partial charge is 0.492 e. The molecule has 150 valence electrons. The van der Waals surface area contributed by atoms with Crippen molar-refractivity contribution in [1.82, 2.24) is 4.90 Å². The zero-order valence-electron chi connectivity index (χ0n) is 17.3. The van der Waals surface area contributed by atoms with E-state index < -0.39 is 0 Å². The molecule has 0 saturated carbocycles. The van der Waals surface area contributed by atoms with Gasteiger partial charge in [0.05, 0.1) is 12.3 Å². The van der Waals surface area contributed by atoms with Crippen molar-refractivity contribution < 1.29 is 14.3 Å². The lowest BCUT2D eigenvalue weighted by Crippen LogP contribution is -2.50. The number of ether oxygens (including phenoxy) is 2. The summed E-state index contributed by atoms with van der Waals surface area (Å²) in [4.78, 5) is 16.8. The van der Waals surface area contributed by atoms with Crippen molar-refractivity contribution in [3.05, 3.63) is 53.1 Å². The molecule has 28 heavy (non-hydrogen) atoms. The molecular formula is C23H30N2O3. The Balaban J connectivity index is 1.56. The van der Waals surface area contributed by atoms with Crippen molar-refractivity contribution >= 4 is 11.6 Å². The second-order valence-electron chi connectivity index (χ2n) is 7.29. The normalized spacial score (nSPS) is 14.1. The number of rotatable bonds is 6. The molecule has 0 N–H and O–H groups in total. The van der Waals surface area contributed by atoms with Crippen molar-refractivity contribution in [2.45, 2.75) is 27.7 Å². The van der Waals surface area contributed by atoms with Crippen LogP contribution in [0.1, 0.15) is 23.6 Å². The van der Waals surface area contributed by atoms with Crippen molar-refractivity contribution in [2.24, 2.45) is 0 Å². The minimum atomic E-state index is 0.0390. The fourth-order valence-corrected chi connectivity index (χ4v) is 3.81. The minimum absolute atomic E-state index is 0.0390. The number of benzene rings is 2. The van der Waals surface area contributed by atoms with Crippen LogP contribution in [0.3, 0.4) is 0 Å². The summed E-state index contributed by atoms with van der Waals surface area (Å²) in [6.45, 7) is 11.8. The van der Waals surface area contributed by atoms with Gasteiger partial charge >= 0.3 is 0 Å². The Morgan fingerprint density at radius 3 is 2.25 bits per heavy atom. The summed E-state index contributed by atoms with van der Waals surface area (Å²) in [7, 11) is 0. The molecule has 1 aliphatic heterocycles. The first-order valence-electron chi connectivity index (χ1n) is 9.94. The third-order valence-electron chi connectivity index (χ3n) is 5.08. The van der Waals surface area contributed by atoms with Gasteiger partial charge in [-0.05, 0) is 51.0 Å². The molecule has 1 heterocycles. The van der Waals surface area contributed by atoms with Crippen molar-refractivity contribution in [1.29, 1.82) is 0 Å². The Labute approximate surface area is 167 Å². The lowest BCUT2D eigenvalue weighted by atomic mass is 10.1. The van der Waals surface area contributed by atoms with E-state index in [4.69, 9.17) is 9.47 Å². The van der Waals surface area contributed by atoms with Gasteiger partial charge in [0.25, 0.3) is 5.91 Å². The zero-order valence-corrected chi connectivity index (χ0v) is 17.3. The smallest absolute Gasteiger partial charge is 0.260 e. The number of piperazine rings is 1. The van der Waals surface area contributed by atoms with E-state index in [1.807, 2.05) is 43.9 Å². The topological polar surface area (TPSA) is 42.0 Å². The maximum atomic E-state index is 12.6. The quantitative estimate of drug-likeness (QED) is 0.763. The van der Waals surface area contributed by atoms with E-state index in [0.717, 1.165) is 41.4 Å². The van der Waals surface area contributed by atoms with Crippen LogP contribution in [0.4, 0.5) is 5.69 Å². The molecule has 1 fully saturated rings. The number of anilines is 1. The maximum absolute atomic E-state index is 12.6. The third-order valence-corrected chi connectivity index (χ3v) is 5.08. The summed E-state index contributed by atoms with van der Waals surface area (Å²) in [5, 5.41) is 0. The van der Waals surface area contributed by atoms with Gasteiger partial charge in [0.1, 0.15) is 11.5 Å². The average molecular weight is 383 g/mol. The Kier molecular flexibility index (Phi) is 6.45. The molecule has 3 rings (SSSR count). The van der Waals surface area contributed by atoms with Crippen molar-refractivity contribution in [2.75, 3.05) is 44.3 Å². The van der Waals surface area contributed by atoms with Crippen LogP contribution in [-0.2, 0) is 4.79 Å². The molecule has 2 aromatic rings. The standard InChI is InChI=1S/C23H30N2O3/c1-5-27-21-9-7-6-8-20(21)24-10-12-25(13-11-24)22(26)16-28-23-18(3)14-17(2)15-19(23)4/h6-9,14-15H,5,10-13,16H2,1-4H3. The second kappa shape index (κ2) is 9.00. The molecule has 5 heteroatoms. The lowest BCUT2D eigenvalue weighted by molar-refractivity contribution is -0.133. The van der Waals surface area contributed by atoms with E-state index in [0.29, 0.717) is 19.7 Å². The van der Waals surface area contributed by atoms with E-state index in [-0.39, 0.29) is 12.5 Å². The van der Waals surface area contributed by atoms with Gasteiger partial charge in [0.2, 0.25) is 0 Å². The first-order valence-corrected chi connectivity index (χ1v) is 9.94. The third kappa shape index (κ3) is 4.58. The molecule has 0 spiro atoms. The van der Waals surface area contributed by atoms with Gasteiger partial charge in [-0.15, -0.1) is 0 Å². The monoisotopic (exact) mass is 382 g/mol. The molecular weight excluding hydrogens is 352 g/mol. The maximum Gasteiger partial charge on any atom is 0.260 e. The predicted octanol–water partition coefficient (Wildman–Crippen LogP) is 3.74. The van der Waals surface area contributed by atoms with Crippen LogP contribution in [-0.4, -0.2) is 50.2 Å². The van der Waals surface area contributed by atoms with Gasteiger partial charge in [-0.2, -0.15) is 0 Å². The molecule has 5 nitrogen and oxygen atoms in total. The molecule has 0 radical (unpaired) electrons. The summed E-state index contributed by atoms with van der Waals surface area (Å²) in [5.74, 6) is 1.76. The van der Waals surface area contributed by atoms with Crippen LogP contribution in [0, 0.1) is 20.8 Å². The molecule has 2 aromatic carbocycles. The summed E-state index contributed by atoms with van der Waals surface area (Å²) in [6.07, 6.45) is 0. The molecule has 1 amide bonds. The summed E-state index contributed by atoms with van der Waals surface area (Å²) in [6, 6.07) is 12.3. The highest BCUT2D eigenvalue weighted by Gasteiger charge is 2.23. The highest BCUT2D eigenvalue weighted by molar-refractivity contribution is 5.78. The number of para-hydroxylation sites is 2. The van der Waals surface area contributed by atoms with Crippen LogP contribution in [0.15, 0.2) is 36.4 Å². The number of aryl methyl sites for hydroxylation is 3. The Morgan fingerprint density at radius 2 is 1.61 bits per heavy atom. The number of carbonyl (C=O) groups is 1. The number of carbonyl (C=O) groups excluding carboxylic acids is 1. The van der Waals surface area contributed by atoms with E-state index in [9.17, 15) is 4.79 Å². The fraction of sp³-hybridized carbons (Fsp3) is 0.435. The number of amides is 1. The molecule has 0 aromatic heterocycles. The number of hydrogen-bond acceptors (Lipinski definition) is 4. The van der Waals surface area contributed by atoms with Gasteiger partial charge < -0.3 is 19.3 Å².